The zero-order valence-corrected chi connectivity index (χ0v) is 18.0. The van der Waals surface area contributed by atoms with Gasteiger partial charge >= 0.3 is 0 Å². The molecule has 1 aromatic heterocycles. The highest BCUT2D eigenvalue weighted by Gasteiger charge is 2.21. The minimum atomic E-state index is 0.00983. The molecule has 0 aliphatic heterocycles. The number of imidazole rings is 1. The van der Waals surface area contributed by atoms with Crippen molar-refractivity contribution in [1.82, 2.24) is 14.9 Å². The molecule has 0 bridgehead atoms. The van der Waals surface area contributed by atoms with E-state index < -0.39 is 0 Å². The molecule has 0 aliphatic carbocycles. The molecule has 2 amide bonds. The van der Waals surface area contributed by atoms with Gasteiger partial charge in [-0.3, -0.25) is 9.59 Å². The number of carbonyl (C=O) groups is 2. The van der Waals surface area contributed by atoms with E-state index in [1.807, 2.05) is 84.8 Å². The number of nitrogens with one attached hydrogen (secondary N) is 1. The Bertz CT molecular complexity index is 995. The maximum absolute atomic E-state index is 13.3. The van der Waals surface area contributed by atoms with E-state index in [0.29, 0.717) is 19.4 Å². The van der Waals surface area contributed by atoms with Crippen LogP contribution in [0.5, 0.6) is 0 Å². The van der Waals surface area contributed by atoms with Crippen molar-refractivity contribution in [1.29, 1.82) is 0 Å². The van der Waals surface area contributed by atoms with E-state index in [2.05, 4.69) is 5.32 Å². The Hall–Kier alpha value is -3.15. The van der Waals surface area contributed by atoms with E-state index in [0.717, 1.165) is 29.0 Å². The topological polar surface area (TPSA) is 67.2 Å². The van der Waals surface area contributed by atoms with Crippen LogP contribution in [0.1, 0.15) is 39.4 Å². The van der Waals surface area contributed by atoms with Gasteiger partial charge in [0.25, 0.3) is 0 Å². The highest BCUT2D eigenvalue weighted by Crippen LogP contribution is 2.20. The van der Waals surface area contributed by atoms with Crippen LogP contribution < -0.4 is 10.2 Å². The summed E-state index contributed by atoms with van der Waals surface area (Å²) in [5.74, 6) is 0.861. The van der Waals surface area contributed by atoms with Crippen molar-refractivity contribution in [3.63, 3.8) is 0 Å². The summed E-state index contributed by atoms with van der Waals surface area (Å²) in [5.41, 5.74) is 2.67. The van der Waals surface area contributed by atoms with Crippen LogP contribution in [0.15, 0.2) is 54.6 Å². The monoisotopic (exact) mass is 406 g/mol. The summed E-state index contributed by atoms with van der Waals surface area (Å²) in [4.78, 5) is 31.7. The number of fused-ring (bicyclic) bond motifs is 1. The van der Waals surface area contributed by atoms with Crippen LogP contribution in [0.4, 0.5) is 5.69 Å². The molecule has 3 aromatic rings. The molecule has 3 rings (SSSR count). The lowest BCUT2D eigenvalue weighted by Crippen LogP contribution is -2.39. The first-order valence-corrected chi connectivity index (χ1v) is 10.6. The van der Waals surface area contributed by atoms with Gasteiger partial charge in [0.15, 0.2) is 0 Å². The quantitative estimate of drug-likeness (QED) is 0.585. The number of hydrogen-bond donors (Lipinski definition) is 1. The summed E-state index contributed by atoms with van der Waals surface area (Å²) >= 11 is 0. The Labute approximate surface area is 177 Å². The molecule has 0 aliphatic rings. The SMILES string of the molecule is CCCC(=O)NCCc1nc2ccccc2n1CC(=O)N(c1ccccc1)C(C)C. The van der Waals surface area contributed by atoms with Crippen molar-refractivity contribution in [3.05, 3.63) is 60.4 Å². The fourth-order valence-corrected chi connectivity index (χ4v) is 3.65. The number of amides is 2. The molecule has 0 radical (unpaired) electrons. The van der Waals surface area contributed by atoms with Gasteiger partial charge < -0.3 is 14.8 Å². The van der Waals surface area contributed by atoms with Crippen LogP contribution in [0, 0.1) is 0 Å². The molecule has 2 aromatic carbocycles. The van der Waals surface area contributed by atoms with E-state index in [9.17, 15) is 9.59 Å². The number of para-hydroxylation sites is 3. The van der Waals surface area contributed by atoms with Crippen LogP contribution >= 0.6 is 0 Å². The summed E-state index contributed by atoms with van der Waals surface area (Å²) in [6.45, 7) is 6.72. The lowest BCUT2D eigenvalue weighted by molar-refractivity contribution is -0.121. The fourth-order valence-electron chi connectivity index (χ4n) is 3.65. The van der Waals surface area contributed by atoms with Crippen molar-refractivity contribution in [2.45, 2.75) is 52.6 Å². The molecule has 0 spiro atoms. The van der Waals surface area contributed by atoms with Gasteiger partial charge in [-0.2, -0.15) is 0 Å². The number of benzene rings is 2. The zero-order valence-electron chi connectivity index (χ0n) is 18.0. The average molecular weight is 407 g/mol. The van der Waals surface area contributed by atoms with Crippen molar-refractivity contribution in [3.8, 4) is 0 Å². The van der Waals surface area contributed by atoms with E-state index in [1.165, 1.54) is 0 Å². The lowest BCUT2D eigenvalue weighted by Gasteiger charge is -2.27. The Kier molecular flexibility index (Phi) is 7.22. The molecule has 1 heterocycles. The highest BCUT2D eigenvalue weighted by molar-refractivity contribution is 5.94. The molecule has 6 heteroatoms. The average Bonchev–Trinajstić information content (AvgIpc) is 3.06. The van der Waals surface area contributed by atoms with Gasteiger partial charge in [0.1, 0.15) is 12.4 Å². The van der Waals surface area contributed by atoms with Crippen molar-refractivity contribution < 1.29 is 9.59 Å². The van der Waals surface area contributed by atoms with Gasteiger partial charge in [0.05, 0.1) is 11.0 Å². The smallest absolute Gasteiger partial charge is 0.247 e. The molecule has 1 N–H and O–H groups in total. The minimum Gasteiger partial charge on any atom is -0.356 e. The Morgan fingerprint density at radius 1 is 1.07 bits per heavy atom. The van der Waals surface area contributed by atoms with Crippen molar-refractivity contribution in [2.24, 2.45) is 0 Å². The van der Waals surface area contributed by atoms with Gasteiger partial charge in [-0.15, -0.1) is 0 Å². The largest absolute Gasteiger partial charge is 0.356 e. The predicted molar refractivity (Wildman–Crippen MR) is 120 cm³/mol. The third kappa shape index (κ3) is 5.06. The van der Waals surface area contributed by atoms with E-state index >= 15 is 0 Å². The number of nitrogens with zero attached hydrogens (tertiary/aromatic N) is 3. The summed E-state index contributed by atoms with van der Waals surface area (Å²) in [5, 5.41) is 2.94. The zero-order chi connectivity index (χ0) is 21.5. The number of rotatable bonds is 9. The third-order valence-corrected chi connectivity index (χ3v) is 4.99. The number of anilines is 1. The second-order valence-electron chi connectivity index (χ2n) is 7.65. The van der Waals surface area contributed by atoms with Gasteiger partial charge in [-0.1, -0.05) is 37.3 Å². The number of hydrogen-bond acceptors (Lipinski definition) is 3. The third-order valence-electron chi connectivity index (χ3n) is 4.99. The van der Waals surface area contributed by atoms with E-state index in [1.54, 1.807) is 0 Å². The maximum Gasteiger partial charge on any atom is 0.247 e. The first kappa shape index (κ1) is 21.6. The Balaban J connectivity index is 1.84. The molecule has 158 valence electrons. The molecule has 0 saturated heterocycles. The number of aromatic nitrogens is 2. The fraction of sp³-hybridized carbons (Fsp3) is 0.375. The highest BCUT2D eigenvalue weighted by atomic mass is 16.2. The van der Waals surface area contributed by atoms with Gasteiger partial charge in [-0.25, -0.2) is 4.98 Å². The molecule has 0 atom stereocenters. The van der Waals surface area contributed by atoms with Crippen LogP contribution in [0.25, 0.3) is 11.0 Å². The van der Waals surface area contributed by atoms with Crippen molar-refractivity contribution >= 4 is 28.5 Å². The molecular formula is C24H30N4O2. The first-order valence-electron chi connectivity index (χ1n) is 10.6. The lowest BCUT2D eigenvalue weighted by atomic mass is 10.2. The van der Waals surface area contributed by atoms with Crippen molar-refractivity contribution in [2.75, 3.05) is 11.4 Å². The summed E-state index contributed by atoms with van der Waals surface area (Å²) in [6.07, 6.45) is 1.92. The maximum atomic E-state index is 13.3. The Morgan fingerprint density at radius 3 is 2.47 bits per heavy atom. The standard InChI is InChI=1S/C24H30N4O2/c1-4-10-23(29)25-16-15-22-26-20-13-8-9-14-21(20)27(22)17-24(30)28(18(2)3)19-11-6-5-7-12-19/h5-9,11-14,18H,4,10,15-17H2,1-3H3,(H,25,29). The second kappa shape index (κ2) is 10.1. The van der Waals surface area contributed by atoms with Crippen LogP contribution in [-0.4, -0.2) is 34.0 Å². The molecule has 0 fully saturated rings. The van der Waals surface area contributed by atoms with Gasteiger partial charge in [0, 0.05) is 31.1 Å². The molecular weight excluding hydrogens is 376 g/mol. The summed E-state index contributed by atoms with van der Waals surface area (Å²) in [6, 6.07) is 17.6. The van der Waals surface area contributed by atoms with E-state index in [4.69, 9.17) is 4.98 Å². The number of carbonyl (C=O) groups excluding carboxylic acids is 2. The van der Waals surface area contributed by atoms with E-state index in [-0.39, 0.29) is 24.4 Å². The second-order valence-corrected chi connectivity index (χ2v) is 7.65. The van der Waals surface area contributed by atoms with Crippen LogP contribution in [0.3, 0.4) is 0 Å². The Morgan fingerprint density at radius 2 is 1.77 bits per heavy atom. The molecule has 6 nitrogen and oxygen atoms in total. The summed E-state index contributed by atoms with van der Waals surface area (Å²) in [7, 11) is 0. The van der Waals surface area contributed by atoms with Crippen LogP contribution in [-0.2, 0) is 22.6 Å². The van der Waals surface area contributed by atoms with Crippen LogP contribution in [0.2, 0.25) is 0 Å². The molecule has 0 unspecified atom stereocenters. The summed E-state index contributed by atoms with van der Waals surface area (Å²) < 4.78 is 1.97. The first-order chi connectivity index (χ1) is 14.5. The molecule has 0 saturated carbocycles. The normalized spacial score (nSPS) is 11.1. The predicted octanol–water partition coefficient (Wildman–Crippen LogP) is 3.94. The van der Waals surface area contributed by atoms with Gasteiger partial charge in [-0.05, 0) is 44.5 Å². The molecule has 30 heavy (non-hydrogen) atoms. The minimum absolute atomic E-state index is 0.00983. The van der Waals surface area contributed by atoms with Gasteiger partial charge in [0.2, 0.25) is 11.8 Å².